The molecule has 0 saturated carbocycles. The summed E-state index contributed by atoms with van der Waals surface area (Å²) in [5, 5.41) is 13.2. The molecule has 21 heavy (non-hydrogen) atoms. The SMILES string of the molecule is CCC(CO)(Nc1ccc(OC)cc1)c1cccc(F)c1. The predicted molar refractivity (Wildman–Crippen MR) is 82.1 cm³/mol. The van der Waals surface area contributed by atoms with Gasteiger partial charge in [0.1, 0.15) is 11.6 Å². The Morgan fingerprint density at radius 2 is 1.90 bits per heavy atom. The van der Waals surface area contributed by atoms with E-state index in [1.165, 1.54) is 12.1 Å². The molecule has 0 aliphatic rings. The summed E-state index contributed by atoms with van der Waals surface area (Å²) in [4.78, 5) is 0. The van der Waals surface area contributed by atoms with Crippen molar-refractivity contribution in [2.75, 3.05) is 19.0 Å². The second-order valence-electron chi connectivity index (χ2n) is 4.96. The first-order valence-electron chi connectivity index (χ1n) is 6.92. The fraction of sp³-hybridized carbons (Fsp3) is 0.294. The molecule has 0 fully saturated rings. The topological polar surface area (TPSA) is 41.5 Å². The van der Waals surface area contributed by atoms with Gasteiger partial charge in [-0.1, -0.05) is 19.1 Å². The summed E-state index contributed by atoms with van der Waals surface area (Å²) in [6.45, 7) is 1.83. The zero-order chi connectivity index (χ0) is 15.3. The van der Waals surface area contributed by atoms with Crippen LogP contribution in [0.25, 0.3) is 0 Å². The van der Waals surface area contributed by atoms with Crippen molar-refractivity contribution in [3.05, 3.63) is 59.9 Å². The lowest BCUT2D eigenvalue weighted by Crippen LogP contribution is -2.38. The zero-order valence-corrected chi connectivity index (χ0v) is 12.3. The molecule has 2 rings (SSSR count). The molecular formula is C17H20FNO2. The van der Waals surface area contributed by atoms with Gasteiger partial charge in [0.05, 0.1) is 19.3 Å². The van der Waals surface area contributed by atoms with Crippen LogP contribution < -0.4 is 10.1 Å². The van der Waals surface area contributed by atoms with E-state index in [-0.39, 0.29) is 12.4 Å². The minimum Gasteiger partial charge on any atom is -0.497 e. The smallest absolute Gasteiger partial charge is 0.123 e. The third kappa shape index (κ3) is 3.34. The van der Waals surface area contributed by atoms with Gasteiger partial charge < -0.3 is 15.2 Å². The molecule has 1 atom stereocenters. The van der Waals surface area contributed by atoms with Crippen LogP contribution in [0.5, 0.6) is 5.75 Å². The monoisotopic (exact) mass is 289 g/mol. The number of anilines is 1. The lowest BCUT2D eigenvalue weighted by molar-refractivity contribution is 0.207. The third-order valence-corrected chi connectivity index (χ3v) is 3.72. The number of halogens is 1. The molecule has 2 aromatic carbocycles. The van der Waals surface area contributed by atoms with Crippen LogP contribution in [0.4, 0.5) is 10.1 Å². The summed E-state index contributed by atoms with van der Waals surface area (Å²) in [6, 6.07) is 13.7. The highest BCUT2D eigenvalue weighted by molar-refractivity contribution is 5.50. The summed E-state index contributed by atoms with van der Waals surface area (Å²) in [6.07, 6.45) is 0.624. The second kappa shape index (κ2) is 6.59. The van der Waals surface area contributed by atoms with Gasteiger partial charge >= 0.3 is 0 Å². The van der Waals surface area contributed by atoms with E-state index in [0.29, 0.717) is 6.42 Å². The minimum absolute atomic E-state index is 0.126. The molecule has 0 aromatic heterocycles. The van der Waals surface area contributed by atoms with Crippen LogP contribution >= 0.6 is 0 Å². The van der Waals surface area contributed by atoms with Gasteiger partial charge in [-0.2, -0.15) is 0 Å². The van der Waals surface area contributed by atoms with Crippen molar-refractivity contribution in [1.29, 1.82) is 0 Å². The summed E-state index contributed by atoms with van der Waals surface area (Å²) in [5.74, 6) is 0.452. The molecule has 3 nitrogen and oxygen atoms in total. The number of ether oxygens (including phenoxy) is 1. The van der Waals surface area contributed by atoms with Crippen LogP contribution in [0.15, 0.2) is 48.5 Å². The zero-order valence-electron chi connectivity index (χ0n) is 12.3. The van der Waals surface area contributed by atoms with Crippen molar-refractivity contribution >= 4 is 5.69 Å². The van der Waals surface area contributed by atoms with Crippen LogP contribution in [0.1, 0.15) is 18.9 Å². The van der Waals surface area contributed by atoms with Gasteiger partial charge in [-0.05, 0) is 48.4 Å². The Hall–Kier alpha value is -2.07. The second-order valence-corrected chi connectivity index (χ2v) is 4.96. The van der Waals surface area contributed by atoms with Crippen LogP contribution in [0.2, 0.25) is 0 Å². The van der Waals surface area contributed by atoms with E-state index >= 15 is 0 Å². The fourth-order valence-electron chi connectivity index (χ4n) is 2.34. The molecule has 0 amide bonds. The first kappa shape index (κ1) is 15.3. The molecule has 0 saturated heterocycles. The standard InChI is InChI=1S/C17H20FNO2/c1-3-17(12-20,13-5-4-6-14(18)11-13)19-15-7-9-16(21-2)10-8-15/h4-11,19-20H,3,12H2,1-2H3. The van der Waals surface area contributed by atoms with Gasteiger partial charge in [-0.3, -0.25) is 0 Å². The molecule has 0 aliphatic carbocycles. The average molecular weight is 289 g/mol. The molecule has 1 unspecified atom stereocenters. The molecule has 0 aliphatic heterocycles. The van der Waals surface area contributed by atoms with Crippen molar-refractivity contribution in [2.45, 2.75) is 18.9 Å². The number of aliphatic hydroxyl groups is 1. The Labute approximate surface area is 124 Å². The Morgan fingerprint density at radius 1 is 1.19 bits per heavy atom. The van der Waals surface area contributed by atoms with Gasteiger partial charge in [0.25, 0.3) is 0 Å². The molecule has 0 heterocycles. The van der Waals surface area contributed by atoms with Crippen LogP contribution in [-0.2, 0) is 5.54 Å². The molecule has 0 spiro atoms. The lowest BCUT2D eigenvalue weighted by Gasteiger charge is -2.33. The van der Waals surface area contributed by atoms with E-state index in [0.717, 1.165) is 17.0 Å². The van der Waals surface area contributed by atoms with Crippen molar-refractivity contribution in [3.8, 4) is 5.75 Å². The number of benzene rings is 2. The van der Waals surface area contributed by atoms with Gasteiger partial charge in [0.2, 0.25) is 0 Å². The van der Waals surface area contributed by atoms with Crippen LogP contribution in [0.3, 0.4) is 0 Å². The van der Waals surface area contributed by atoms with E-state index in [1.54, 1.807) is 13.2 Å². The van der Waals surface area contributed by atoms with Gasteiger partial charge in [-0.25, -0.2) is 4.39 Å². The van der Waals surface area contributed by atoms with E-state index in [4.69, 9.17) is 4.74 Å². The first-order chi connectivity index (χ1) is 10.1. The van der Waals surface area contributed by atoms with Gasteiger partial charge in [0.15, 0.2) is 0 Å². The summed E-state index contributed by atoms with van der Waals surface area (Å²) >= 11 is 0. The quantitative estimate of drug-likeness (QED) is 0.854. The molecule has 0 radical (unpaired) electrons. The lowest BCUT2D eigenvalue weighted by atomic mass is 9.87. The number of rotatable bonds is 6. The Bertz CT molecular complexity index is 580. The predicted octanol–water partition coefficient (Wildman–Crippen LogP) is 3.54. The maximum atomic E-state index is 13.5. The largest absolute Gasteiger partial charge is 0.497 e. The Balaban J connectivity index is 2.33. The minimum atomic E-state index is -0.712. The summed E-state index contributed by atoms with van der Waals surface area (Å²) in [5.41, 5.74) is 0.857. The maximum Gasteiger partial charge on any atom is 0.123 e. The average Bonchev–Trinajstić information content (AvgIpc) is 2.53. The highest BCUT2D eigenvalue weighted by atomic mass is 19.1. The van der Waals surface area contributed by atoms with Crippen LogP contribution in [-0.4, -0.2) is 18.8 Å². The number of nitrogens with one attached hydrogen (secondary N) is 1. The fourth-order valence-corrected chi connectivity index (χ4v) is 2.34. The third-order valence-electron chi connectivity index (χ3n) is 3.72. The van der Waals surface area contributed by atoms with Crippen molar-refractivity contribution in [3.63, 3.8) is 0 Å². The van der Waals surface area contributed by atoms with Crippen LogP contribution in [0, 0.1) is 5.82 Å². The first-order valence-corrected chi connectivity index (χ1v) is 6.92. The van der Waals surface area contributed by atoms with Crippen molar-refractivity contribution in [2.24, 2.45) is 0 Å². The number of aliphatic hydroxyl groups excluding tert-OH is 1. The summed E-state index contributed by atoms with van der Waals surface area (Å²) < 4.78 is 18.6. The van der Waals surface area contributed by atoms with Gasteiger partial charge in [-0.15, -0.1) is 0 Å². The van der Waals surface area contributed by atoms with Crippen molar-refractivity contribution in [1.82, 2.24) is 0 Å². The molecule has 4 heteroatoms. The van der Waals surface area contributed by atoms with Gasteiger partial charge in [0, 0.05) is 5.69 Å². The van der Waals surface area contributed by atoms with E-state index in [2.05, 4.69) is 5.32 Å². The van der Waals surface area contributed by atoms with E-state index in [1.807, 2.05) is 37.3 Å². The molecule has 112 valence electrons. The number of hydrogen-bond acceptors (Lipinski definition) is 3. The highest BCUT2D eigenvalue weighted by Gasteiger charge is 2.29. The number of hydrogen-bond donors (Lipinski definition) is 2. The maximum absolute atomic E-state index is 13.5. The van der Waals surface area contributed by atoms with Crippen molar-refractivity contribution < 1.29 is 14.2 Å². The molecule has 2 aromatic rings. The molecule has 0 bridgehead atoms. The Kier molecular flexibility index (Phi) is 4.81. The highest BCUT2D eigenvalue weighted by Crippen LogP contribution is 2.30. The molecular weight excluding hydrogens is 269 g/mol. The Morgan fingerprint density at radius 3 is 2.43 bits per heavy atom. The number of methoxy groups -OCH3 is 1. The summed E-state index contributed by atoms with van der Waals surface area (Å²) in [7, 11) is 1.61. The van der Waals surface area contributed by atoms with E-state index < -0.39 is 5.54 Å². The normalized spacial score (nSPS) is 13.5. The molecule has 2 N–H and O–H groups in total. The van der Waals surface area contributed by atoms with E-state index in [9.17, 15) is 9.50 Å².